The van der Waals surface area contributed by atoms with Crippen LogP contribution in [0.2, 0.25) is 0 Å². The molecule has 0 N–H and O–H groups in total. The lowest BCUT2D eigenvalue weighted by atomic mass is 10.1. The largest absolute Gasteiger partial charge is 0.491 e. The van der Waals surface area contributed by atoms with Gasteiger partial charge in [-0.05, 0) is 48.5 Å². The molecule has 0 spiro atoms. The molecule has 2 aromatic carbocycles. The Labute approximate surface area is 150 Å². The highest BCUT2D eigenvalue weighted by molar-refractivity contribution is 5.83. The van der Waals surface area contributed by atoms with Gasteiger partial charge in [0.1, 0.15) is 19.0 Å². The molecule has 2 aromatic heterocycles. The average molecular weight is 350 g/mol. The summed E-state index contributed by atoms with van der Waals surface area (Å²) in [6.45, 7) is -0.428. The van der Waals surface area contributed by atoms with Crippen molar-refractivity contribution >= 4 is 22.5 Å². The van der Waals surface area contributed by atoms with Gasteiger partial charge < -0.3 is 9.64 Å². The molecule has 0 radical (unpaired) electrons. The van der Waals surface area contributed by atoms with Crippen molar-refractivity contribution < 1.29 is 9.13 Å². The fraction of sp³-hybridized carbons (Fsp3) is 0.200. The van der Waals surface area contributed by atoms with Crippen molar-refractivity contribution in [3.63, 3.8) is 0 Å². The Kier molecular flexibility index (Phi) is 4.16. The molecular weight excluding hydrogens is 331 g/mol. The Hall–Kier alpha value is -3.15. The van der Waals surface area contributed by atoms with E-state index in [-0.39, 0.29) is 6.61 Å². The maximum absolute atomic E-state index is 12.2. The first kappa shape index (κ1) is 16.3. The van der Waals surface area contributed by atoms with Gasteiger partial charge in [-0.3, -0.25) is 4.40 Å². The molecule has 0 saturated carbocycles. The molecule has 0 saturated heterocycles. The second kappa shape index (κ2) is 6.63. The number of rotatable bonds is 5. The minimum atomic E-state index is -0.497. The minimum Gasteiger partial charge on any atom is -0.491 e. The lowest BCUT2D eigenvalue weighted by Crippen LogP contribution is -2.08. The van der Waals surface area contributed by atoms with E-state index in [0.29, 0.717) is 11.5 Å². The van der Waals surface area contributed by atoms with Crippen molar-refractivity contribution in [2.45, 2.75) is 0 Å². The van der Waals surface area contributed by atoms with Gasteiger partial charge in [0, 0.05) is 31.5 Å². The molecule has 0 aliphatic heterocycles. The van der Waals surface area contributed by atoms with Crippen molar-refractivity contribution in [1.82, 2.24) is 14.4 Å². The maximum atomic E-state index is 12.2. The maximum Gasteiger partial charge on any atom is 0.235 e. The number of imidazole rings is 1. The predicted molar refractivity (Wildman–Crippen MR) is 102 cm³/mol. The van der Waals surface area contributed by atoms with E-state index in [4.69, 9.17) is 4.74 Å². The van der Waals surface area contributed by atoms with E-state index in [2.05, 4.69) is 20.9 Å². The van der Waals surface area contributed by atoms with Gasteiger partial charge in [-0.2, -0.15) is 0 Å². The third-order valence-electron chi connectivity index (χ3n) is 4.27. The molecule has 0 amide bonds. The molecule has 0 aliphatic rings. The predicted octanol–water partition coefficient (Wildman–Crippen LogP) is 3.96. The first-order valence-electron chi connectivity index (χ1n) is 8.41. The van der Waals surface area contributed by atoms with E-state index in [0.717, 1.165) is 28.0 Å². The normalized spacial score (nSPS) is 11.2. The second-order valence-electron chi connectivity index (χ2n) is 6.22. The molecule has 132 valence electrons. The first-order valence-corrected chi connectivity index (χ1v) is 8.41. The summed E-state index contributed by atoms with van der Waals surface area (Å²) in [5.74, 6) is 1.31. The van der Waals surface area contributed by atoms with Crippen LogP contribution >= 0.6 is 0 Å². The van der Waals surface area contributed by atoms with E-state index in [1.54, 1.807) is 0 Å². The van der Waals surface area contributed by atoms with Crippen LogP contribution in [0.3, 0.4) is 0 Å². The average Bonchev–Trinajstić information content (AvgIpc) is 3.03. The van der Waals surface area contributed by atoms with E-state index in [9.17, 15) is 4.39 Å². The van der Waals surface area contributed by atoms with Gasteiger partial charge in [0.15, 0.2) is 0 Å². The third-order valence-corrected chi connectivity index (χ3v) is 4.27. The highest BCUT2D eigenvalue weighted by Crippen LogP contribution is 2.25. The van der Waals surface area contributed by atoms with E-state index in [1.165, 1.54) is 0 Å². The summed E-state index contributed by atoms with van der Waals surface area (Å²) >= 11 is 0. The Balaban J connectivity index is 1.72. The molecule has 0 unspecified atom stereocenters. The molecule has 0 atom stereocenters. The van der Waals surface area contributed by atoms with Crippen LogP contribution in [0.5, 0.6) is 5.75 Å². The number of alkyl halides is 1. The van der Waals surface area contributed by atoms with Crippen molar-refractivity contribution in [1.29, 1.82) is 0 Å². The van der Waals surface area contributed by atoms with Gasteiger partial charge in [-0.15, -0.1) is 0 Å². The number of anilines is 1. The zero-order valence-electron chi connectivity index (χ0n) is 14.7. The molecule has 4 aromatic rings. The topological polar surface area (TPSA) is 42.7 Å². The van der Waals surface area contributed by atoms with Gasteiger partial charge in [0.25, 0.3) is 0 Å². The zero-order chi connectivity index (χ0) is 18.1. The van der Waals surface area contributed by atoms with Gasteiger partial charge in [-0.1, -0.05) is 0 Å². The molecule has 2 heterocycles. The lowest BCUT2D eigenvalue weighted by Gasteiger charge is -2.11. The van der Waals surface area contributed by atoms with Gasteiger partial charge in [-0.25, -0.2) is 14.4 Å². The molecule has 0 bridgehead atoms. The Morgan fingerprint density at radius 1 is 1.04 bits per heavy atom. The number of hydrogen-bond donors (Lipinski definition) is 0. The number of fused-ring (bicyclic) bond motifs is 3. The van der Waals surface area contributed by atoms with Crippen LogP contribution in [0.4, 0.5) is 10.1 Å². The molecular formula is C20H19FN4O. The van der Waals surface area contributed by atoms with Crippen LogP contribution in [0, 0.1) is 0 Å². The minimum absolute atomic E-state index is 0.0686. The molecule has 26 heavy (non-hydrogen) atoms. The van der Waals surface area contributed by atoms with Gasteiger partial charge in [0.05, 0.1) is 16.7 Å². The second-order valence-corrected chi connectivity index (χ2v) is 6.22. The summed E-state index contributed by atoms with van der Waals surface area (Å²) in [6, 6.07) is 15.6. The van der Waals surface area contributed by atoms with Crippen LogP contribution < -0.4 is 9.64 Å². The molecule has 6 heteroatoms. The molecule has 4 rings (SSSR count). The van der Waals surface area contributed by atoms with Crippen LogP contribution in [-0.4, -0.2) is 41.7 Å². The first-order chi connectivity index (χ1) is 12.7. The fourth-order valence-electron chi connectivity index (χ4n) is 2.90. The van der Waals surface area contributed by atoms with Crippen molar-refractivity contribution in [3.8, 4) is 17.0 Å². The van der Waals surface area contributed by atoms with E-state index in [1.807, 2.05) is 67.2 Å². The molecule has 0 fully saturated rings. The van der Waals surface area contributed by atoms with Gasteiger partial charge >= 0.3 is 0 Å². The quantitative estimate of drug-likeness (QED) is 0.546. The monoisotopic (exact) mass is 350 g/mol. The Bertz CT molecular complexity index is 1060. The summed E-state index contributed by atoms with van der Waals surface area (Å²) in [5.41, 5.74) is 4.85. The summed E-state index contributed by atoms with van der Waals surface area (Å²) in [7, 11) is 4.03. The number of halogens is 1. The Morgan fingerprint density at radius 3 is 2.58 bits per heavy atom. The lowest BCUT2D eigenvalue weighted by molar-refractivity contribution is 0.273. The molecule has 5 nitrogen and oxygen atoms in total. The summed E-state index contributed by atoms with van der Waals surface area (Å²) in [5, 5.41) is 0. The highest BCUT2D eigenvalue weighted by Gasteiger charge is 2.09. The van der Waals surface area contributed by atoms with Crippen LogP contribution in [-0.2, 0) is 0 Å². The van der Waals surface area contributed by atoms with Crippen molar-refractivity contribution in [2.75, 3.05) is 32.3 Å². The standard InChI is InChI=1S/C20H19FN4O/c1-24(2)15-5-8-18-19(13-15)25-11-9-17(22-20(25)23-18)14-3-6-16(7-4-14)26-12-10-21/h3-9,11,13H,10,12H2,1-2H3. The summed E-state index contributed by atoms with van der Waals surface area (Å²) in [4.78, 5) is 11.4. The fourth-order valence-corrected chi connectivity index (χ4v) is 2.90. The number of benzene rings is 2. The zero-order valence-corrected chi connectivity index (χ0v) is 14.7. The van der Waals surface area contributed by atoms with Crippen molar-refractivity contribution in [3.05, 3.63) is 54.7 Å². The van der Waals surface area contributed by atoms with E-state index >= 15 is 0 Å². The number of ether oxygens (including phenoxy) is 1. The highest BCUT2D eigenvalue weighted by atomic mass is 19.1. The SMILES string of the molecule is CN(C)c1ccc2nc3nc(-c4ccc(OCCF)cc4)ccn3c2c1. The van der Waals surface area contributed by atoms with Crippen LogP contribution in [0.25, 0.3) is 28.1 Å². The third kappa shape index (κ3) is 2.94. The van der Waals surface area contributed by atoms with E-state index < -0.39 is 6.67 Å². The Morgan fingerprint density at radius 2 is 1.85 bits per heavy atom. The summed E-state index contributed by atoms with van der Waals surface area (Å²) in [6.07, 6.45) is 1.99. The van der Waals surface area contributed by atoms with Crippen LogP contribution in [0.1, 0.15) is 0 Å². The number of nitrogens with zero attached hydrogens (tertiary/aromatic N) is 4. The van der Waals surface area contributed by atoms with Crippen molar-refractivity contribution in [2.24, 2.45) is 0 Å². The molecule has 0 aliphatic carbocycles. The smallest absolute Gasteiger partial charge is 0.235 e. The summed E-state index contributed by atoms with van der Waals surface area (Å²) < 4.78 is 19.4. The van der Waals surface area contributed by atoms with Crippen LogP contribution in [0.15, 0.2) is 54.7 Å². The van der Waals surface area contributed by atoms with Gasteiger partial charge in [0.2, 0.25) is 5.78 Å². The number of hydrogen-bond acceptors (Lipinski definition) is 4. The number of aromatic nitrogens is 3.